The summed E-state index contributed by atoms with van der Waals surface area (Å²) >= 11 is 7.84. The van der Waals surface area contributed by atoms with Crippen LogP contribution in [0, 0.1) is 0 Å². The molecule has 2 aromatic carbocycles. The maximum absolute atomic E-state index is 6.33. The lowest BCUT2D eigenvalue weighted by atomic mass is 10.1. The van der Waals surface area contributed by atoms with Crippen molar-refractivity contribution < 1.29 is 9.15 Å². The third-order valence-corrected chi connectivity index (χ3v) is 5.68. The molecule has 0 spiro atoms. The highest BCUT2D eigenvalue weighted by Gasteiger charge is 2.28. The third-order valence-electron chi connectivity index (χ3n) is 4.63. The third kappa shape index (κ3) is 3.51. The molecule has 0 fully saturated rings. The van der Waals surface area contributed by atoms with Gasteiger partial charge in [0.15, 0.2) is 11.5 Å². The molecular formula is C22H17ClN4O2S. The minimum atomic E-state index is -0.584. The fourth-order valence-corrected chi connectivity index (χ4v) is 4.00. The number of aromatic nitrogens is 3. The molecular weight excluding hydrogens is 420 g/mol. The van der Waals surface area contributed by atoms with Gasteiger partial charge in [-0.25, -0.2) is 0 Å². The Morgan fingerprint density at radius 2 is 1.80 bits per heavy atom. The summed E-state index contributed by atoms with van der Waals surface area (Å²) in [5, 5.41) is 13.2. The van der Waals surface area contributed by atoms with Crippen molar-refractivity contribution in [3.8, 4) is 28.5 Å². The molecule has 1 aliphatic heterocycles. The first-order valence-corrected chi connectivity index (χ1v) is 10.8. The number of thioether (sulfide) groups is 1. The van der Waals surface area contributed by atoms with Crippen molar-refractivity contribution in [2.45, 2.75) is 18.3 Å². The summed E-state index contributed by atoms with van der Waals surface area (Å²) in [5.41, 5.74) is 3.16. The first-order chi connectivity index (χ1) is 14.7. The number of para-hydroxylation sites is 1. The van der Waals surface area contributed by atoms with Gasteiger partial charge in [0.2, 0.25) is 17.3 Å². The molecule has 4 aromatic rings. The van der Waals surface area contributed by atoms with Crippen molar-refractivity contribution in [1.82, 2.24) is 15.2 Å². The Labute approximate surface area is 182 Å². The number of nitrogens with one attached hydrogen (secondary N) is 1. The monoisotopic (exact) mass is 436 g/mol. The zero-order valence-corrected chi connectivity index (χ0v) is 17.6. The van der Waals surface area contributed by atoms with Crippen molar-refractivity contribution in [1.29, 1.82) is 0 Å². The summed E-state index contributed by atoms with van der Waals surface area (Å²) in [7, 11) is 0. The summed E-state index contributed by atoms with van der Waals surface area (Å²) in [5.74, 6) is 2.54. The molecule has 0 radical (unpaired) electrons. The van der Waals surface area contributed by atoms with E-state index in [0.717, 1.165) is 22.6 Å². The van der Waals surface area contributed by atoms with Crippen LogP contribution in [-0.2, 0) is 0 Å². The van der Waals surface area contributed by atoms with Gasteiger partial charge in [-0.05, 0) is 36.1 Å². The van der Waals surface area contributed by atoms with Gasteiger partial charge >= 0.3 is 0 Å². The highest BCUT2D eigenvalue weighted by atomic mass is 35.5. The predicted molar refractivity (Wildman–Crippen MR) is 118 cm³/mol. The van der Waals surface area contributed by atoms with Gasteiger partial charge in [-0.1, -0.05) is 60.6 Å². The van der Waals surface area contributed by atoms with Gasteiger partial charge in [0, 0.05) is 16.8 Å². The number of halogens is 1. The fourth-order valence-electron chi connectivity index (χ4n) is 3.27. The smallest absolute Gasteiger partial charge is 0.247 e. The number of furan rings is 1. The number of fused-ring (bicyclic) bond motifs is 3. The lowest BCUT2D eigenvalue weighted by Gasteiger charge is -2.16. The number of hydrogen-bond donors (Lipinski definition) is 1. The Balaban J connectivity index is 1.56. The zero-order valence-electron chi connectivity index (χ0n) is 16.0. The number of hydrogen-bond acceptors (Lipinski definition) is 7. The Morgan fingerprint density at radius 1 is 1.00 bits per heavy atom. The van der Waals surface area contributed by atoms with E-state index in [2.05, 4.69) is 20.5 Å². The van der Waals surface area contributed by atoms with Gasteiger partial charge in [0.1, 0.15) is 5.76 Å². The van der Waals surface area contributed by atoms with E-state index < -0.39 is 6.23 Å². The highest BCUT2D eigenvalue weighted by Crippen LogP contribution is 2.40. The molecule has 1 aliphatic rings. The fraction of sp³-hybridized carbons (Fsp3) is 0.136. The average molecular weight is 437 g/mol. The molecule has 30 heavy (non-hydrogen) atoms. The Morgan fingerprint density at radius 3 is 2.63 bits per heavy atom. The Kier molecular flexibility index (Phi) is 5.06. The second-order valence-electron chi connectivity index (χ2n) is 6.55. The van der Waals surface area contributed by atoms with Gasteiger partial charge in [-0.15, -0.1) is 10.2 Å². The lowest BCUT2D eigenvalue weighted by Crippen LogP contribution is -2.16. The van der Waals surface area contributed by atoms with E-state index in [1.54, 1.807) is 0 Å². The molecule has 0 unspecified atom stereocenters. The molecule has 0 bridgehead atoms. The number of anilines is 1. The van der Waals surface area contributed by atoms with Crippen LogP contribution in [0.5, 0.6) is 5.88 Å². The zero-order chi connectivity index (χ0) is 20.5. The first kappa shape index (κ1) is 19.0. The lowest BCUT2D eigenvalue weighted by molar-refractivity contribution is 0.196. The van der Waals surface area contributed by atoms with E-state index in [0.29, 0.717) is 33.3 Å². The number of nitrogens with zero attached hydrogens (tertiary/aromatic N) is 3. The summed E-state index contributed by atoms with van der Waals surface area (Å²) in [6.07, 6.45) is -0.584. The molecule has 2 aromatic heterocycles. The van der Waals surface area contributed by atoms with Gasteiger partial charge < -0.3 is 14.5 Å². The van der Waals surface area contributed by atoms with Crippen LogP contribution in [0.1, 0.15) is 18.9 Å². The number of ether oxygens (including phenoxy) is 1. The Hall–Kier alpha value is -3.03. The van der Waals surface area contributed by atoms with E-state index in [1.807, 2.05) is 67.6 Å². The van der Waals surface area contributed by atoms with Crippen LogP contribution in [0.25, 0.3) is 22.6 Å². The van der Waals surface area contributed by atoms with Gasteiger partial charge in [-0.3, -0.25) is 0 Å². The predicted octanol–water partition coefficient (Wildman–Crippen LogP) is 6.07. The SMILES string of the molecule is CCSc1nnc2c(n1)O[C@@H](c1ccc(-c3ccccc3Cl)o1)Nc1ccccc1-2. The van der Waals surface area contributed by atoms with Crippen molar-refractivity contribution in [3.63, 3.8) is 0 Å². The summed E-state index contributed by atoms with van der Waals surface area (Å²) < 4.78 is 12.3. The van der Waals surface area contributed by atoms with Crippen LogP contribution in [0.15, 0.2) is 70.2 Å². The maximum atomic E-state index is 6.33. The summed E-state index contributed by atoms with van der Waals surface area (Å²) in [6.45, 7) is 2.04. The van der Waals surface area contributed by atoms with Crippen LogP contribution < -0.4 is 10.1 Å². The van der Waals surface area contributed by atoms with Crippen LogP contribution >= 0.6 is 23.4 Å². The van der Waals surface area contributed by atoms with Crippen LogP contribution in [0.2, 0.25) is 5.02 Å². The van der Waals surface area contributed by atoms with Gasteiger partial charge in [0.25, 0.3) is 0 Å². The molecule has 1 atom stereocenters. The summed E-state index contributed by atoms with van der Waals surface area (Å²) in [6, 6.07) is 19.2. The second-order valence-corrected chi connectivity index (χ2v) is 8.19. The molecule has 0 saturated carbocycles. The van der Waals surface area contributed by atoms with E-state index in [9.17, 15) is 0 Å². The standard InChI is InChI=1S/C22H17ClN4O2S/c1-2-30-22-25-21-19(26-27-22)14-8-4-6-10-16(14)24-20(29-21)18-12-11-17(28-18)13-7-3-5-9-15(13)23/h3-12,20,24H,2H2,1H3/t20-/m0/s1. The molecule has 150 valence electrons. The quantitative estimate of drug-likeness (QED) is 0.389. The van der Waals surface area contributed by atoms with Crippen molar-refractivity contribution in [2.75, 3.05) is 11.1 Å². The molecule has 1 N–H and O–H groups in total. The molecule has 0 saturated heterocycles. The highest BCUT2D eigenvalue weighted by molar-refractivity contribution is 7.99. The van der Waals surface area contributed by atoms with E-state index in [-0.39, 0.29) is 0 Å². The topological polar surface area (TPSA) is 73.1 Å². The average Bonchev–Trinajstić information content (AvgIpc) is 3.18. The molecule has 6 nitrogen and oxygen atoms in total. The first-order valence-electron chi connectivity index (χ1n) is 9.47. The number of rotatable bonds is 4. The number of benzene rings is 2. The van der Waals surface area contributed by atoms with Crippen molar-refractivity contribution in [2.24, 2.45) is 0 Å². The molecule has 5 rings (SSSR count). The largest absolute Gasteiger partial charge is 0.455 e. The minimum Gasteiger partial charge on any atom is -0.455 e. The van der Waals surface area contributed by atoms with E-state index in [1.165, 1.54) is 11.8 Å². The van der Waals surface area contributed by atoms with E-state index in [4.69, 9.17) is 20.8 Å². The second kappa shape index (κ2) is 8.01. The van der Waals surface area contributed by atoms with Crippen LogP contribution in [0.4, 0.5) is 5.69 Å². The normalized spacial score (nSPS) is 14.8. The minimum absolute atomic E-state index is 0.416. The van der Waals surface area contributed by atoms with Gasteiger partial charge in [0.05, 0.1) is 5.02 Å². The molecule has 3 heterocycles. The van der Waals surface area contributed by atoms with Crippen LogP contribution in [0.3, 0.4) is 0 Å². The van der Waals surface area contributed by atoms with Crippen molar-refractivity contribution >= 4 is 29.1 Å². The Bertz CT molecular complexity index is 1210. The molecule has 0 aliphatic carbocycles. The van der Waals surface area contributed by atoms with E-state index >= 15 is 0 Å². The molecule has 0 amide bonds. The van der Waals surface area contributed by atoms with Crippen molar-refractivity contribution in [3.05, 3.63) is 71.4 Å². The summed E-state index contributed by atoms with van der Waals surface area (Å²) in [4.78, 5) is 4.58. The maximum Gasteiger partial charge on any atom is 0.247 e. The molecule has 8 heteroatoms. The van der Waals surface area contributed by atoms with Gasteiger partial charge in [-0.2, -0.15) is 4.98 Å². The van der Waals surface area contributed by atoms with Crippen LogP contribution in [-0.4, -0.2) is 20.9 Å².